The van der Waals surface area contributed by atoms with Crippen LogP contribution in [0.4, 0.5) is 0 Å². The molecule has 0 N–H and O–H groups in total. The normalized spacial score (nSPS) is 24.8. The van der Waals surface area contributed by atoms with Gasteiger partial charge in [-0.1, -0.05) is 26.0 Å². The summed E-state index contributed by atoms with van der Waals surface area (Å²) in [5.74, 6) is 0.530. The van der Waals surface area contributed by atoms with Gasteiger partial charge < -0.3 is 0 Å². The largest absolute Gasteiger partial charge is 0.245 e. The summed E-state index contributed by atoms with van der Waals surface area (Å²) in [6.45, 7) is 5.06. The summed E-state index contributed by atoms with van der Waals surface area (Å²) in [4.78, 5) is 0.943. The molecule has 0 spiro atoms. The Morgan fingerprint density at radius 3 is 2.80 bits per heavy atom. The zero-order valence-corrected chi connectivity index (χ0v) is 10.3. The second kappa shape index (κ2) is 3.63. The second-order valence-corrected chi connectivity index (χ2v) is 6.73. The van der Waals surface area contributed by atoms with Gasteiger partial charge in [0.1, 0.15) is 0 Å². The third kappa shape index (κ3) is 1.93. The molecule has 1 aromatic rings. The molecule has 1 aliphatic heterocycles. The lowest BCUT2D eigenvalue weighted by Crippen LogP contribution is -2.11. The monoisotopic (exact) mass is 223 g/mol. The molecule has 0 aromatic heterocycles. The Bertz CT molecular complexity index is 496. The molecule has 0 radical (unpaired) electrons. The summed E-state index contributed by atoms with van der Waals surface area (Å²) in [5, 5.41) is 0. The number of benzene rings is 1. The predicted octanol–water partition coefficient (Wildman–Crippen LogP) is 2.82. The first-order valence-corrected chi connectivity index (χ1v) is 7.24. The van der Waals surface area contributed by atoms with Crippen molar-refractivity contribution in [3.8, 4) is 0 Å². The standard InChI is InChI=1S/C12H17NOS/c1-9(2)10-4-5-12-11(8-10)6-7-13-15(12,3)14/h4-5,8-9H,6-7H2,1-3H3. The van der Waals surface area contributed by atoms with Gasteiger partial charge in [0.2, 0.25) is 0 Å². The first kappa shape index (κ1) is 10.7. The number of hydrogen-bond donors (Lipinski definition) is 0. The maximum absolute atomic E-state index is 12.1. The first-order valence-electron chi connectivity index (χ1n) is 5.31. The fraction of sp³-hybridized carbons (Fsp3) is 0.500. The molecule has 82 valence electrons. The zero-order chi connectivity index (χ0) is 11.1. The van der Waals surface area contributed by atoms with Gasteiger partial charge in [-0.2, -0.15) is 0 Å². The van der Waals surface area contributed by atoms with Crippen LogP contribution in [-0.4, -0.2) is 17.0 Å². The van der Waals surface area contributed by atoms with Crippen LogP contribution >= 0.6 is 0 Å². The summed E-state index contributed by atoms with van der Waals surface area (Å²) in [5.41, 5.74) is 2.55. The van der Waals surface area contributed by atoms with E-state index >= 15 is 0 Å². The number of fused-ring (bicyclic) bond motifs is 1. The van der Waals surface area contributed by atoms with Crippen LogP contribution < -0.4 is 0 Å². The fourth-order valence-electron chi connectivity index (χ4n) is 1.93. The van der Waals surface area contributed by atoms with Crippen molar-refractivity contribution in [3.63, 3.8) is 0 Å². The number of hydrogen-bond acceptors (Lipinski definition) is 2. The van der Waals surface area contributed by atoms with Gasteiger partial charge in [0, 0.05) is 6.26 Å². The van der Waals surface area contributed by atoms with E-state index in [9.17, 15) is 4.21 Å². The molecule has 0 fully saturated rings. The van der Waals surface area contributed by atoms with E-state index in [4.69, 9.17) is 0 Å². The summed E-state index contributed by atoms with van der Waals surface area (Å²) >= 11 is 0. The molecule has 0 aliphatic carbocycles. The van der Waals surface area contributed by atoms with E-state index in [1.165, 1.54) is 11.1 Å². The van der Waals surface area contributed by atoms with E-state index in [0.717, 1.165) is 11.3 Å². The van der Waals surface area contributed by atoms with Gasteiger partial charge in [-0.25, -0.2) is 8.57 Å². The quantitative estimate of drug-likeness (QED) is 0.720. The van der Waals surface area contributed by atoms with Crippen LogP contribution in [0.2, 0.25) is 0 Å². The van der Waals surface area contributed by atoms with E-state index < -0.39 is 9.73 Å². The Morgan fingerprint density at radius 2 is 2.13 bits per heavy atom. The van der Waals surface area contributed by atoms with Crippen molar-refractivity contribution in [2.75, 3.05) is 12.8 Å². The Morgan fingerprint density at radius 1 is 1.40 bits per heavy atom. The van der Waals surface area contributed by atoms with E-state index in [1.54, 1.807) is 6.26 Å². The molecule has 2 nitrogen and oxygen atoms in total. The van der Waals surface area contributed by atoms with Crippen molar-refractivity contribution < 1.29 is 4.21 Å². The van der Waals surface area contributed by atoms with Gasteiger partial charge >= 0.3 is 0 Å². The van der Waals surface area contributed by atoms with E-state index in [0.29, 0.717) is 12.5 Å². The molecule has 1 unspecified atom stereocenters. The highest BCUT2D eigenvalue weighted by Gasteiger charge is 2.16. The van der Waals surface area contributed by atoms with E-state index in [1.807, 2.05) is 6.07 Å². The van der Waals surface area contributed by atoms with Crippen LogP contribution in [0.15, 0.2) is 27.5 Å². The number of rotatable bonds is 1. The summed E-state index contributed by atoms with van der Waals surface area (Å²) in [6.07, 6.45) is 2.67. The van der Waals surface area contributed by atoms with Crippen LogP contribution in [0.25, 0.3) is 0 Å². The Kier molecular flexibility index (Phi) is 2.59. The van der Waals surface area contributed by atoms with Crippen molar-refractivity contribution in [1.82, 2.24) is 0 Å². The molecule has 0 amide bonds. The van der Waals surface area contributed by atoms with Crippen molar-refractivity contribution in [2.45, 2.75) is 31.1 Å². The lowest BCUT2D eigenvalue weighted by atomic mass is 10.00. The predicted molar refractivity (Wildman–Crippen MR) is 63.9 cm³/mol. The van der Waals surface area contributed by atoms with E-state index in [-0.39, 0.29) is 0 Å². The Hall–Kier alpha value is -0.830. The molecular weight excluding hydrogens is 206 g/mol. The molecule has 3 heteroatoms. The van der Waals surface area contributed by atoms with Gasteiger partial charge in [-0.05, 0) is 29.5 Å². The molecule has 0 bridgehead atoms. The fourth-order valence-corrected chi connectivity index (χ4v) is 3.48. The van der Waals surface area contributed by atoms with Crippen molar-refractivity contribution in [2.24, 2.45) is 4.36 Å². The third-order valence-electron chi connectivity index (χ3n) is 2.88. The minimum absolute atomic E-state index is 0.530. The van der Waals surface area contributed by atoms with E-state index in [2.05, 4.69) is 30.3 Å². The molecule has 1 heterocycles. The minimum Gasteiger partial charge on any atom is -0.245 e. The SMILES string of the molecule is CC(C)c1ccc2c(c1)CCN=S2(C)=O. The van der Waals surface area contributed by atoms with Crippen LogP contribution in [0.3, 0.4) is 0 Å². The molecule has 0 saturated carbocycles. The maximum atomic E-state index is 12.1. The van der Waals surface area contributed by atoms with Crippen LogP contribution in [0.1, 0.15) is 30.9 Å². The summed E-state index contributed by atoms with van der Waals surface area (Å²) < 4.78 is 16.3. The molecule has 2 rings (SSSR count). The van der Waals surface area contributed by atoms with Crippen LogP contribution in [0, 0.1) is 0 Å². The maximum Gasteiger partial charge on any atom is 0.0725 e. The molecular formula is C12H17NOS. The van der Waals surface area contributed by atoms with Crippen molar-refractivity contribution in [1.29, 1.82) is 0 Å². The van der Waals surface area contributed by atoms with Crippen molar-refractivity contribution in [3.05, 3.63) is 29.3 Å². The zero-order valence-electron chi connectivity index (χ0n) is 9.49. The Balaban J connectivity index is 2.58. The minimum atomic E-state index is -2.11. The van der Waals surface area contributed by atoms with Crippen molar-refractivity contribution >= 4 is 9.73 Å². The summed E-state index contributed by atoms with van der Waals surface area (Å²) in [7, 11) is -2.11. The van der Waals surface area contributed by atoms with Gasteiger partial charge in [0.05, 0.1) is 21.2 Å². The average molecular weight is 223 g/mol. The van der Waals surface area contributed by atoms with Crippen LogP contribution in [-0.2, 0) is 16.1 Å². The van der Waals surface area contributed by atoms with Crippen LogP contribution in [0.5, 0.6) is 0 Å². The average Bonchev–Trinajstić information content (AvgIpc) is 2.16. The molecule has 15 heavy (non-hydrogen) atoms. The molecule has 1 aliphatic rings. The highest BCUT2D eigenvalue weighted by Crippen LogP contribution is 2.26. The third-order valence-corrected chi connectivity index (χ3v) is 4.77. The highest BCUT2D eigenvalue weighted by molar-refractivity contribution is 7.93. The smallest absolute Gasteiger partial charge is 0.0725 e. The Labute approximate surface area is 91.9 Å². The number of nitrogens with zero attached hydrogens (tertiary/aromatic N) is 1. The lowest BCUT2D eigenvalue weighted by molar-refractivity contribution is 0.673. The second-order valence-electron chi connectivity index (χ2n) is 4.43. The van der Waals surface area contributed by atoms with Gasteiger partial charge in [0.15, 0.2) is 0 Å². The molecule has 1 aromatic carbocycles. The van der Waals surface area contributed by atoms with Gasteiger partial charge in [-0.15, -0.1) is 0 Å². The summed E-state index contributed by atoms with van der Waals surface area (Å²) in [6, 6.07) is 6.26. The molecule has 1 atom stereocenters. The lowest BCUT2D eigenvalue weighted by Gasteiger charge is -2.17. The van der Waals surface area contributed by atoms with Gasteiger partial charge in [-0.3, -0.25) is 0 Å². The highest BCUT2D eigenvalue weighted by atomic mass is 32.2. The molecule has 0 saturated heterocycles. The topological polar surface area (TPSA) is 29.4 Å². The van der Waals surface area contributed by atoms with Gasteiger partial charge in [0.25, 0.3) is 0 Å². The first-order chi connectivity index (χ1) is 7.00.